The lowest BCUT2D eigenvalue weighted by Crippen LogP contribution is -2.43. The first-order valence-electron chi connectivity index (χ1n) is 8.20. The molecular weight excluding hydrogens is 358 g/mol. The van der Waals surface area contributed by atoms with E-state index < -0.39 is 54.7 Å². The molecule has 144 valence electrons. The van der Waals surface area contributed by atoms with Gasteiger partial charge >= 0.3 is 0 Å². The van der Waals surface area contributed by atoms with Crippen molar-refractivity contribution in [2.75, 3.05) is 13.7 Å². The summed E-state index contributed by atoms with van der Waals surface area (Å²) in [5.74, 6) is -4.45. The number of methoxy groups -OCH3 is 1. The number of amides is 1. The van der Waals surface area contributed by atoms with Crippen LogP contribution in [-0.2, 0) is 11.3 Å². The van der Waals surface area contributed by atoms with Crippen LogP contribution in [0.1, 0.15) is 24.8 Å². The van der Waals surface area contributed by atoms with E-state index in [1.807, 2.05) is 0 Å². The predicted octanol–water partition coefficient (Wildman–Crippen LogP) is 1.72. The van der Waals surface area contributed by atoms with Gasteiger partial charge < -0.3 is 20.1 Å². The summed E-state index contributed by atoms with van der Waals surface area (Å²) >= 11 is 0. The summed E-state index contributed by atoms with van der Waals surface area (Å²) in [6.07, 6.45) is -2.77. The normalized spacial score (nSPS) is 24.8. The van der Waals surface area contributed by atoms with Crippen molar-refractivity contribution in [3.05, 3.63) is 17.4 Å². The highest BCUT2D eigenvalue weighted by Gasteiger charge is 2.47. The molecule has 1 aliphatic carbocycles. The Morgan fingerprint density at radius 3 is 2.73 bits per heavy atom. The van der Waals surface area contributed by atoms with E-state index in [-0.39, 0.29) is 31.0 Å². The molecule has 2 aliphatic rings. The molecule has 1 amide bonds. The summed E-state index contributed by atoms with van der Waals surface area (Å²) in [6, 6.07) is 0.426. The van der Waals surface area contributed by atoms with Crippen LogP contribution in [0.2, 0.25) is 0 Å². The maximum atomic E-state index is 14.2. The smallest absolute Gasteiger partial charge is 0.255 e. The van der Waals surface area contributed by atoms with Crippen molar-refractivity contribution < 1.29 is 31.8 Å². The van der Waals surface area contributed by atoms with Gasteiger partial charge in [0.15, 0.2) is 5.82 Å². The number of nitrogens with zero attached hydrogens (tertiary/aromatic N) is 1. The molecule has 2 fully saturated rings. The van der Waals surface area contributed by atoms with Gasteiger partial charge in [0.25, 0.3) is 11.8 Å². The number of ether oxygens (including phenoxy) is 2. The van der Waals surface area contributed by atoms with Crippen LogP contribution in [0.5, 0.6) is 11.8 Å². The van der Waals surface area contributed by atoms with Gasteiger partial charge in [0.05, 0.1) is 13.2 Å². The van der Waals surface area contributed by atoms with E-state index in [0.717, 1.165) is 6.07 Å². The third-order valence-electron chi connectivity index (χ3n) is 4.35. The van der Waals surface area contributed by atoms with Gasteiger partial charge in [-0.25, -0.2) is 17.6 Å². The molecule has 0 unspecified atom stereocenters. The minimum atomic E-state index is -2.79. The number of hydrogen-bond acceptors (Lipinski definition) is 5. The molecule has 26 heavy (non-hydrogen) atoms. The molecule has 3 rings (SSSR count). The third-order valence-corrected chi connectivity index (χ3v) is 4.35. The summed E-state index contributed by atoms with van der Waals surface area (Å²) in [5, 5.41) is 5.31. The Hall–Kier alpha value is -2.10. The van der Waals surface area contributed by atoms with Crippen LogP contribution in [0.4, 0.5) is 17.6 Å². The number of hydrogen-bond donors (Lipinski definition) is 2. The average molecular weight is 377 g/mol. The van der Waals surface area contributed by atoms with Crippen molar-refractivity contribution in [3.8, 4) is 11.8 Å². The van der Waals surface area contributed by atoms with E-state index in [1.165, 1.54) is 7.11 Å². The van der Waals surface area contributed by atoms with E-state index in [1.54, 1.807) is 0 Å². The van der Waals surface area contributed by atoms with E-state index in [0.29, 0.717) is 0 Å². The molecule has 6 nitrogen and oxygen atoms in total. The molecule has 0 radical (unpaired) electrons. The molecule has 0 bridgehead atoms. The van der Waals surface area contributed by atoms with Crippen LogP contribution in [0.3, 0.4) is 0 Å². The Balaban J connectivity index is 1.62. The highest BCUT2D eigenvalue weighted by Crippen LogP contribution is 2.40. The van der Waals surface area contributed by atoms with Crippen molar-refractivity contribution in [1.29, 1.82) is 0 Å². The number of aromatic nitrogens is 1. The van der Waals surface area contributed by atoms with Crippen LogP contribution < -0.4 is 20.1 Å². The first-order valence-corrected chi connectivity index (χ1v) is 8.20. The van der Waals surface area contributed by atoms with Crippen molar-refractivity contribution in [2.45, 2.75) is 50.0 Å². The number of rotatable bonds is 6. The maximum absolute atomic E-state index is 14.2. The molecule has 1 aromatic rings. The lowest BCUT2D eigenvalue weighted by molar-refractivity contribution is -0.136. The molecule has 1 aliphatic heterocycles. The Morgan fingerprint density at radius 2 is 2.15 bits per heavy atom. The molecule has 1 saturated carbocycles. The molecular formula is C16H19F4N3O3. The van der Waals surface area contributed by atoms with Gasteiger partial charge in [-0.3, -0.25) is 4.79 Å². The van der Waals surface area contributed by atoms with Gasteiger partial charge in [-0.05, 0) is 6.07 Å². The van der Waals surface area contributed by atoms with Crippen LogP contribution in [0, 0.1) is 5.82 Å². The van der Waals surface area contributed by atoms with Crippen molar-refractivity contribution in [1.82, 2.24) is 15.6 Å². The monoisotopic (exact) mass is 377 g/mol. The molecule has 2 N–H and O–H groups in total. The first kappa shape index (κ1) is 18.7. The summed E-state index contributed by atoms with van der Waals surface area (Å²) in [4.78, 5) is 15.8. The molecule has 2 heterocycles. The van der Waals surface area contributed by atoms with Crippen LogP contribution in [0.25, 0.3) is 0 Å². The lowest BCUT2D eigenvalue weighted by Gasteiger charge is -2.34. The highest BCUT2D eigenvalue weighted by molar-refractivity contribution is 5.82. The van der Waals surface area contributed by atoms with Crippen molar-refractivity contribution in [2.24, 2.45) is 0 Å². The van der Waals surface area contributed by atoms with E-state index in [9.17, 15) is 22.4 Å². The molecule has 1 aromatic heterocycles. The summed E-state index contributed by atoms with van der Waals surface area (Å²) in [7, 11) is 1.30. The Kier molecular flexibility index (Phi) is 5.22. The van der Waals surface area contributed by atoms with Crippen molar-refractivity contribution in [3.63, 3.8) is 0 Å². The molecule has 0 spiro atoms. The topological polar surface area (TPSA) is 72.5 Å². The number of nitrogens with one attached hydrogen (secondary N) is 2. The zero-order valence-corrected chi connectivity index (χ0v) is 14.0. The van der Waals surface area contributed by atoms with Crippen molar-refractivity contribution >= 4 is 5.91 Å². The number of alkyl halides is 3. The quantitative estimate of drug-likeness (QED) is 0.739. The van der Waals surface area contributed by atoms with Gasteiger partial charge in [-0.1, -0.05) is 0 Å². The maximum Gasteiger partial charge on any atom is 0.255 e. The summed E-state index contributed by atoms with van der Waals surface area (Å²) < 4.78 is 63.2. The Bertz CT molecular complexity index is 681. The Morgan fingerprint density at radius 1 is 1.42 bits per heavy atom. The minimum absolute atomic E-state index is 0.00975. The van der Waals surface area contributed by atoms with Gasteiger partial charge in [-0.2, -0.15) is 4.98 Å². The van der Waals surface area contributed by atoms with E-state index in [2.05, 4.69) is 15.6 Å². The number of carbonyl (C=O) groups is 1. The van der Waals surface area contributed by atoms with Gasteiger partial charge in [0, 0.05) is 37.9 Å². The standard InChI is InChI=1S/C16H19F4N3O3/c1-25-14-8(6-22-13(24)12-3-9(17)7-21-12)2-11(18)15(23-14)26-10-4-16(19,20)5-10/h2,9-10,12,21H,3-7H2,1H3,(H,22,24)/t9-,12+/m1/s1. The fourth-order valence-electron chi connectivity index (χ4n) is 2.93. The number of carbonyl (C=O) groups excluding carboxylic acids is 1. The average Bonchev–Trinajstić information content (AvgIpc) is 2.99. The van der Waals surface area contributed by atoms with Gasteiger partial charge in [-0.15, -0.1) is 0 Å². The summed E-state index contributed by atoms with van der Waals surface area (Å²) in [5.41, 5.74) is 0.249. The second-order valence-corrected chi connectivity index (χ2v) is 6.46. The predicted molar refractivity (Wildman–Crippen MR) is 82.5 cm³/mol. The molecule has 10 heteroatoms. The molecule has 0 aromatic carbocycles. The molecule has 1 saturated heterocycles. The van der Waals surface area contributed by atoms with Gasteiger partial charge in [0.2, 0.25) is 11.8 Å². The Labute approximate surface area is 147 Å². The fraction of sp³-hybridized carbons (Fsp3) is 0.625. The minimum Gasteiger partial charge on any atom is -0.481 e. The highest BCUT2D eigenvalue weighted by atomic mass is 19.3. The van der Waals surface area contributed by atoms with Crippen LogP contribution >= 0.6 is 0 Å². The third kappa shape index (κ3) is 4.17. The zero-order chi connectivity index (χ0) is 18.9. The number of halogens is 4. The van der Waals surface area contributed by atoms with E-state index in [4.69, 9.17) is 9.47 Å². The fourth-order valence-corrected chi connectivity index (χ4v) is 2.93. The van der Waals surface area contributed by atoms with Crippen LogP contribution in [-0.4, -0.2) is 48.8 Å². The van der Waals surface area contributed by atoms with Crippen LogP contribution in [0.15, 0.2) is 6.07 Å². The van der Waals surface area contributed by atoms with E-state index >= 15 is 0 Å². The lowest BCUT2D eigenvalue weighted by atomic mass is 9.91. The first-order chi connectivity index (χ1) is 12.3. The second-order valence-electron chi connectivity index (χ2n) is 6.46. The second kappa shape index (κ2) is 7.26. The summed E-state index contributed by atoms with van der Waals surface area (Å²) in [6.45, 7) is 0.0344. The SMILES string of the molecule is COc1nc(OC2CC(F)(F)C2)c(F)cc1CNC(=O)[C@@H]1C[C@@H](F)CN1. The number of pyridine rings is 1. The van der Waals surface area contributed by atoms with Gasteiger partial charge in [0.1, 0.15) is 12.3 Å². The largest absolute Gasteiger partial charge is 0.481 e. The molecule has 2 atom stereocenters. The zero-order valence-electron chi connectivity index (χ0n) is 14.0.